The molecule has 0 saturated carbocycles. The van der Waals surface area contributed by atoms with Crippen molar-refractivity contribution in [3.63, 3.8) is 0 Å². The number of nitrogens with zero attached hydrogens (tertiary/aromatic N) is 1. The smallest absolute Gasteiger partial charge is 0.325 e. The molecular weight excluding hydrogens is 328 g/mol. The Balaban J connectivity index is 2.29. The van der Waals surface area contributed by atoms with Crippen molar-refractivity contribution in [1.29, 1.82) is 0 Å². The minimum absolute atomic E-state index is 0.294. The first kappa shape index (κ1) is 21.1. The van der Waals surface area contributed by atoms with Gasteiger partial charge >= 0.3 is 5.97 Å². The zero-order valence-corrected chi connectivity index (χ0v) is 15.0. The highest BCUT2D eigenvalue weighted by Gasteiger charge is 2.22. The van der Waals surface area contributed by atoms with Crippen molar-refractivity contribution in [2.24, 2.45) is 0 Å². The van der Waals surface area contributed by atoms with Crippen LogP contribution < -0.4 is 0 Å². The Morgan fingerprint density at radius 2 is 1.56 bits per heavy atom. The first-order chi connectivity index (χ1) is 12.0. The predicted molar refractivity (Wildman–Crippen MR) is 92.3 cm³/mol. The van der Waals surface area contributed by atoms with Gasteiger partial charge in [0.25, 0.3) is 5.91 Å². The van der Waals surface area contributed by atoms with Crippen LogP contribution in [0, 0.1) is 11.6 Å². The fraction of sp³-hybridized carbons (Fsp3) is 0.579. The third-order valence-electron chi connectivity index (χ3n) is 3.90. The number of hydrogen-bond donors (Lipinski definition) is 0. The third-order valence-corrected chi connectivity index (χ3v) is 3.90. The van der Waals surface area contributed by atoms with Crippen LogP contribution in [-0.4, -0.2) is 37.0 Å². The number of ether oxygens (including phenoxy) is 1. The van der Waals surface area contributed by atoms with E-state index in [1.807, 2.05) is 0 Å². The first-order valence-corrected chi connectivity index (χ1v) is 8.82. The van der Waals surface area contributed by atoms with Gasteiger partial charge in [-0.15, -0.1) is 0 Å². The van der Waals surface area contributed by atoms with E-state index in [1.54, 1.807) is 0 Å². The summed E-state index contributed by atoms with van der Waals surface area (Å²) in [5, 5.41) is 0. The van der Waals surface area contributed by atoms with Gasteiger partial charge in [0.1, 0.15) is 23.7 Å². The minimum atomic E-state index is -0.951. The fourth-order valence-corrected chi connectivity index (χ4v) is 2.45. The molecule has 0 spiro atoms. The topological polar surface area (TPSA) is 46.6 Å². The van der Waals surface area contributed by atoms with Crippen molar-refractivity contribution in [3.05, 3.63) is 35.4 Å². The Morgan fingerprint density at radius 1 is 1.00 bits per heavy atom. The normalized spacial score (nSPS) is 10.6. The van der Waals surface area contributed by atoms with E-state index < -0.39 is 29.1 Å². The zero-order chi connectivity index (χ0) is 18.7. The van der Waals surface area contributed by atoms with Gasteiger partial charge < -0.3 is 9.64 Å². The van der Waals surface area contributed by atoms with Crippen molar-refractivity contribution in [3.8, 4) is 0 Å². The zero-order valence-electron chi connectivity index (χ0n) is 15.0. The standard InChI is InChI=1S/C19H27F2NO3/c1-3-4-5-6-7-8-9-13-25-17(23)14-22(2)19(24)18-15(20)11-10-12-16(18)21/h10-12H,3-9,13-14H2,1-2H3. The second-order valence-corrected chi connectivity index (χ2v) is 6.10. The number of likely N-dealkylation sites (N-methyl/N-ethyl adjacent to an activating group) is 1. The summed E-state index contributed by atoms with van der Waals surface area (Å²) in [6.45, 7) is 2.12. The monoisotopic (exact) mass is 355 g/mol. The molecule has 0 heterocycles. The SMILES string of the molecule is CCCCCCCCCOC(=O)CN(C)C(=O)c1c(F)cccc1F. The van der Waals surface area contributed by atoms with Gasteiger partial charge in [-0.3, -0.25) is 9.59 Å². The first-order valence-electron chi connectivity index (χ1n) is 8.82. The maximum atomic E-state index is 13.6. The lowest BCUT2D eigenvalue weighted by atomic mass is 10.1. The van der Waals surface area contributed by atoms with Gasteiger partial charge in [-0.1, -0.05) is 51.5 Å². The molecule has 0 aliphatic carbocycles. The second kappa shape index (κ2) is 11.6. The van der Waals surface area contributed by atoms with Crippen molar-refractivity contribution in [2.45, 2.75) is 51.9 Å². The Kier molecular flexibility index (Phi) is 9.73. The minimum Gasteiger partial charge on any atom is -0.464 e. The number of hydrogen-bond acceptors (Lipinski definition) is 3. The fourth-order valence-electron chi connectivity index (χ4n) is 2.45. The number of halogens is 2. The van der Waals surface area contributed by atoms with E-state index in [1.165, 1.54) is 38.8 Å². The molecule has 1 aromatic rings. The van der Waals surface area contributed by atoms with Crippen LogP contribution in [0.5, 0.6) is 0 Å². The predicted octanol–water partition coefficient (Wildman–Crippen LogP) is 4.33. The van der Waals surface area contributed by atoms with Crippen LogP contribution in [0.2, 0.25) is 0 Å². The molecule has 0 atom stereocenters. The summed E-state index contributed by atoms with van der Waals surface area (Å²) in [6, 6.07) is 3.18. The number of esters is 1. The number of unbranched alkanes of at least 4 members (excludes halogenated alkanes) is 6. The van der Waals surface area contributed by atoms with E-state index >= 15 is 0 Å². The van der Waals surface area contributed by atoms with Gasteiger partial charge in [0.05, 0.1) is 6.61 Å². The molecule has 0 unspecified atom stereocenters. The summed E-state index contributed by atoms with van der Waals surface area (Å²) < 4.78 is 32.3. The summed E-state index contributed by atoms with van der Waals surface area (Å²) in [5.74, 6) is -3.37. The Hall–Kier alpha value is -1.98. The van der Waals surface area contributed by atoms with E-state index in [0.717, 1.165) is 36.3 Å². The Labute approximate surface area is 148 Å². The summed E-state index contributed by atoms with van der Waals surface area (Å²) >= 11 is 0. The maximum absolute atomic E-state index is 13.6. The Bertz CT molecular complexity index is 543. The largest absolute Gasteiger partial charge is 0.464 e. The molecule has 1 aromatic carbocycles. The van der Waals surface area contributed by atoms with Crippen molar-refractivity contribution in [2.75, 3.05) is 20.2 Å². The third kappa shape index (κ3) is 7.63. The molecule has 0 radical (unpaired) electrons. The van der Waals surface area contributed by atoms with E-state index in [9.17, 15) is 18.4 Å². The highest BCUT2D eigenvalue weighted by atomic mass is 19.1. The summed E-state index contributed by atoms with van der Waals surface area (Å²) in [4.78, 5) is 24.7. The van der Waals surface area contributed by atoms with E-state index in [-0.39, 0.29) is 6.54 Å². The molecule has 1 rings (SSSR count). The molecule has 0 aliphatic rings. The maximum Gasteiger partial charge on any atom is 0.325 e. The molecule has 6 heteroatoms. The van der Waals surface area contributed by atoms with Crippen molar-refractivity contribution in [1.82, 2.24) is 4.90 Å². The lowest BCUT2D eigenvalue weighted by Crippen LogP contribution is -2.34. The molecule has 1 amide bonds. The number of rotatable bonds is 11. The average molecular weight is 355 g/mol. The van der Waals surface area contributed by atoms with Gasteiger partial charge in [-0.25, -0.2) is 8.78 Å². The van der Waals surface area contributed by atoms with Gasteiger partial charge in [0.2, 0.25) is 0 Å². The molecule has 0 bridgehead atoms. The van der Waals surface area contributed by atoms with Gasteiger partial charge in [-0.2, -0.15) is 0 Å². The van der Waals surface area contributed by atoms with Crippen LogP contribution in [0.15, 0.2) is 18.2 Å². The molecular formula is C19H27F2NO3. The Morgan fingerprint density at radius 3 is 2.16 bits per heavy atom. The number of carbonyl (C=O) groups is 2. The van der Waals surface area contributed by atoms with Gasteiger partial charge in [0.15, 0.2) is 0 Å². The van der Waals surface area contributed by atoms with Gasteiger partial charge in [-0.05, 0) is 18.6 Å². The van der Waals surface area contributed by atoms with Crippen molar-refractivity contribution >= 4 is 11.9 Å². The van der Waals surface area contributed by atoms with Crippen LogP contribution in [0.25, 0.3) is 0 Å². The molecule has 0 N–H and O–H groups in total. The highest BCUT2D eigenvalue weighted by Crippen LogP contribution is 2.14. The van der Waals surface area contributed by atoms with E-state index in [0.29, 0.717) is 6.61 Å². The summed E-state index contributed by atoms with van der Waals surface area (Å²) in [7, 11) is 1.31. The quantitative estimate of drug-likeness (QED) is 0.438. The number of carbonyl (C=O) groups excluding carboxylic acids is 2. The summed E-state index contributed by atoms with van der Waals surface area (Å²) in [6.07, 6.45) is 7.76. The van der Waals surface area contributed by atoms with Gasteiger partial charge in [0, 0.05) is 7.05 Å². The number of benzene rings is 1. The highest BCUT2D eigenvalue weighted by molar-refractivity contribution is 5.96. The molecule has 0 aliphatic heterocycles. The van der Waals surface area contributed by atoms with Crippen molar-refractivity contribution < 1.29 is 23.1 Å². The van der Waals surface area contributed by atoms with Crippen LogP contribution in [0.4, 0.5) is 8.78 Å². The molecule has 140 valence electrons. The lowest BCUT2D eigenvalue weighted by molar-refractivity contribution is -0.144. The van der Waals surface area contributed by atoms with E-state index in [4.69, 9.17) is 4.74 Å². The van der Waals surface area contributed by atoms with Crippen LogP contribution in [-0.2, 0) is 9.53 Å². The molecule has 0 aromatic heterocycles. The van der Waals surface area contributed by atoms with Crippen LogP contribution >= 0.6 is 0 Å². The van der Waals surface area contributed by atoms with Crippen LogP contribution in [0.1, 0.15) is 62.2 Å². The van der Waals surface area contributed by atoms with E-state index in [2.05, 4.69) is 6.92 Å². The molecule has 0 fully saturated rings. The van der Waals surface area contributed by atoms with Crippen LogP contribution in [0.3, 0.4) is 0 Å². The molecule has 25 heavy (non-hydrogen) atoms. The molecule has 0 saturated heterocycles. The lowest BCUT2D eigenvalue weighted by Gasteiger charge is -2.17. The second-order valence-electron chi connectivity index (χ2n) is 6.10. The average Bonchev–Trinajstić information content (AvgIpc) is 2.57. The number of amides is 1. The molecule has 4 nitrogen and oxygen atoms in total. The summed E-state index contributed by atoms with van der Waals surface area (Å²) in [5.41, 5.74) is -0.662.